The first kappa shape index (κ1) is 11.6. The summed E-state index contributed by atoms with van der Waals surface area (Å²) in [5.74, 6) is 0. The molecule has 0 heterocycles. The maximum absolute atomic E-state index is 11.6. The summed E-state index contributed by atoms with van der Waals surface area (Å²) in [6.07, 6.45) is 0. The van der Waals surface area contributed by atoms with E-state index in [1.165, 1.54) is 6.07 Å². The highest BCUT2D eigenvalue weighted by atomic mass is 79.9. The van der Waals surface area contributed by atoms with Crippen LogP contribution in [0, 0.1) is 0 Å². The number of halogens is 1. The average molecular weight is 280 g/mol. The zero-order valence-corrected chi connectivity index (χ0v) is 9.68. The van der Waals surface area contributed by atoms with Crippen LogP contribution in [0.15, 0.2) is 33.6 Å². The van der Waals surface area contributed by atoms with Gasteiger partial charge in [0.2, 0.25) is 10.0 Å². The predicted octanol–water partition coefficient (Wildman–Crippen LogP) is 0.720. The zero-order valence-electron chi connectivity index (χ0n) is 7.27. The molecule has 0 aliphatic heterocycles. The summed E-state index contributed by atoms with van der Waals surface area (Å²) < 4.78 is 25.9. The Bertz CT molecular complexity index is 405. The Morgan fingerprint density at radius 2 is 2.00 bits per heavy atom. The summed E-state index contributed by atoms with van der Waals surface area (Å²) in [7, 11) is -3.51. The van der Waals surface area contributed by atoms with Crippen molar-refractivity contribution in [2.75, 3.05) is 13.2 Å². The molecule has 0 bridgehead atoms. The molecule has 1 aromatic carbocycles. The van der Waals surface area contributed by atoms with Gasteiger partial charge in [0.15, 0.2) is 0 Å². The van der Waals surface area contributed by atoms with Gasteiger partial charge in [-0.3, -0.25) is 0 Å². The van der Waals surface area contributed by atoms with Crippen LogP contribution in [0.4, 0.5) is 0 Å². The number of sulfonamides is 1. The third-order valence-electron chi connectivity index (χ3n) is 1.53. The van der Waals surface area contributed by atoms with Crippen LogP contribution in [0.1, 0.15) is 0 Å². The lowest BCUT2D eigenvalue weighted by atomic mass is 10.4. The van der Waals surface area contributed by atoms with Crippen LogP contribution in [-0.2, 0) is 10.0 Å². The van der Waals surface area contributed by atoms with Gasteiger partial charge in [-0.2, -0.15) is 0 Å². The number of aliphatic hydroxyl groups excluding tert-OH is 1. The second-order valence-electron chi connectivity index (χ2n) is 2.55. The highest BCUT2D eigenvalue weighted by Crippen LogP contribution is 2.20. The van der Waals surface area contributed by atoms with E-state index in [0.717, 1.165) is 0 Å². The molecular weight excluding hydrogens is 270 g/mol. The van der Waals surface area contributed by atoms with Crippen LogP contribution in [0.5, 0.6) is 0 Å². The van der Waals surface area contributed by atoms with Crippen LogP contribution >= 0.6 is 15.9 Å². The second-order valence-corrected chi connectivity index (χ2v) is 5.14. The van der Waals surface area contributed by atoms with Crippen molar-refractivity contribution in [2.24, 2.45) is 0 Å². The van der Waals surface area contributed by atoms with Gasteiger partial charge in [0.25, 0.3) is 0 Å². The van der Waals surface area contributed by atoms with Crippen LogP contribution in [0.25, 0.3) is 0 Å². The van der Waals surface area contributed by atoms with E-state index in [1.807, 2.05) is 0 Å². The molecule has 0 saturated heterocycles. The summed E-state index contributed by atoms with van der Waals surface area (Å²) >= 11 is 3.14. The Morgan fingerprint density at radius 1 is 1.36 bits per heavy atom. The van der Waals surface area contributed by atoms with Crippen LogP contribution < -0.4 is 4.72 Å². The van der Waals surface area contributed by atoms with Crippen molar-refractivity contribution < 1.29 is 13.5 Å². The Balaban J connectivity index is 2.99. The lowest BCUT2D eigenvalue weighted by molar-refractivity contribution is 0.301. The highest BCUT2D eigenvalue weighted by Gasteiger charge is 2.15. The van der Waals surface area contributed by atoms with Crippen molar-refractivity contribution in [1.29, 1.82) is 0 Å². The molecule has 0 saturated carbocycles. The number of aliphatic hydroxyl groups is 1. The van der Waals surface area contributed by atoms with Gasteiger partial charge in [-0.15, -0.1) is 0 Å². The van der Waals surface area contributed by atoms with Gasteiger partial charge in [-0.05, 0) is 28.1 Å². The zero-order chi connectivity index (χ0) is 10.6. The van der Waals surface area contributed by atoms with E-state index >= 15 is 0 Å². The van der Waals surface area contributed by atoms with E-state index in [1.54, 1.807) is 18.2 Å². The van der Waals surface area contributed by atoms with Gasteiger partial charge in [0.1, 0.15) is 0 Å². The minimum absolute atomic E-state index is 0.0175. The molecule has 0 aromatic heterocycles. The fourth-order valence-corrected chi connectivity index (χ4v) is 2.94. The van der Waals surface area contributed by atoms with E-state index in [-0.39, 0.29) is 18.0 Å². The molecular formula is C8H10BrNO3S. The molecule has 0 aliphatic carbocycles. The number of benzene rings is 1. The molecule has 0 amide bonds. The molecule has 0 aliphatic rings. The third-order valence-corrected chi connectivity index (χ3v) is 4.00. The largest absolute Gasteiger partial charge is 0.395 e. The van der Waals surface area contributed by atoms with Crippen LogP contribution in [-0.4, -0.2) is 26.7 Å². The SMILES string of the molecule is O=S(=O)(NCCO)c1ccccc1Br. The quantitative estimate of drug-likeness (QED) is 0.854. The van der Waals surface area contributed by atoms with Crippen LogP contribution in [0.2, 0.25) is 0 Å². The molecule has 78 valence electrons. The molecule has 0 fully saturated rings. The fraction of sp³-hybridized carbons (Fsp3) is 0.250. The van der Waals surface area contributed by atoms with Gasteiger partial charge < -0.3 is 5.11 Å². The third kappa shape index (κ3) is 2.78. The van der Waals surface area contributed by atoms with Gasteiger partial charge in [-0.25, -0.2) is 13.1 Å². The summed E-state index contributed by atoms with van der Waals surface area (Å²) in [6.45, 7) is -0.201. The number of nitrogens with one attached hydrogen (secondary N) is 1. The van der Waals surface area contributed by atoms with E-state index in [4.69, 9.17) is 5.11 Å². The average Bonchev–Trinajstić information content (AvgIpc) is 2.15. The molecule has 14 heavy (non-hydrogen) atoms. The monoisotopic (exact) mass is 279 g/mol. The standard InChI is InChI=1S/C8H10BrNO3S/c9-7-3-1-2-4-8(7)14(12,13)10-5-6-11/h1-4,10-11H,5-6H2. The summed E-state index contributed by atoms with van der Waals surface area (Å²) in [6, 6.07) is 6.50. The fourth-order valence-electron chi connectivity index (χ4n) is 0.920. The van der Waals surface area contributed by atoms with Crippen molar-refractivity contribution in [2.45, 2.75) is 4.90 Å². The molecule has 1 aromatic rings. The molecule has 1 rings (SSSR count). The van der Waals surface area contributed by atoms with Gasteiger partial charge >= 0.3 is 0 Å². The lowest BCUT2D eigenvalue weighted by Gasteiger charge is -2.06. The van der Waals surface area contributed by atoms with E-state index in [9.17, 15) is 8.42 Å². The molecule has 0 atom stereocenters. The number of rotatable bonds is 4. The normalized spacial score (nSPS) is 11.6. The Morgan fingerprint density at radius 3 is 2.57 bits per heavy atom. The van der Waals surface area contributed by atoms with Gasteiger partial charge in [0.05, 0.1) is 11.5 Å². The van der Waals surface area contributed by atoms with E-state index < -0.39 is 10.0 Å². The number of hydrogen-bond acceptors (Lipinski definition) is 3. The predicted molar refractivity (Wildman–Crippen MR) is 56.4 cm³/mol. The first-order chi connectivity index (χ1) is 6.58. The molecule has 2 N–H and O–H groups in total. The molecule has 6 heteroatoms. The van der Waals surface area contributed by atoms with Gasteiger partial charge in [0, 0.05) is 11.0 Å². The summed E-state index contributed by atoms with van der Waals surface area (Å²) in [5, 5.41) is 8.51. The molecule has 4 nitrogen and oxygen atoms in total. The van der Waals surface area contributed by atoms with Crippen LogP contribution in [0.3, 0.4) is 0 Å². The molecule has 0 spiro atoms. The molecule has 0 radical (unpaired) electrons. The minimum Gasteiger partial charge on any atom is -0.395 e. The Labute approximate surface area is 91.1 Å². The summed E-state index contributed by atoms with van der Waals surface area (Å²) in [5.41, 5.74) is 0. The Hall–Kier alpha value is -0.430. The van der Waals surface area contributed by atoms with Crippen molar-refractivity contribution in [1.82, 2.24) is 4.72 Å². The first-order valence-corrected chi connectivity index (χ1v) is 6.20. The highest BCUT2D eigenvalue weighted by molar-refractivity contribution is 9.10. The number of hydrogen-bond donors (Lipinski definition) is 2. The molecule has 0 unspecified atom stereocenters. The smallest absolute Gasteiger partial charge is 0.241 e. The van der Waals surface area contributed by atoms with Gasteiger partial charge in [-0.1, -0.05) is 12.1 Å². The maximum atomic E-state index is 11.6. The first-order valence-electron chi connectivity index (χ1n) is 3.93. The van der Waals surface area contributed by atoms with Crippen molar-refractivity contribution in [3.63, 3.8) is 0 Å². The maximum Gasteiger partial charge on any atom is 0.241 e. The van der Waals surface area contributed by atoms with Crippen molar-refractivity contribution in [3.8, 4) is 0 Å². The van der Waals surface area contributed by atoms with E-state index in [2.05, 4.69) is 20.7 Å². The topological polar surface area (TPSA) is 66.4 Å². The Kier molecular flexibility index (Phi) is 4.06. The second kappa shape index (κ2) is 4.88. The van der Waals surface area contributed by atoms with Crippen molar-refractivity contribution in [3.05, 3.63) is 28.7 Å². The minimum atomic E-state index is -3.51. The van der Waals surface area contributed by atoms with E-state index in [0.29, 0.717) is 4.47 Å². The van der Waals surface area contributed by atoms with Crippen molar-refractivity contribution >= 4 is 26.0 Å². The lowest BCUT2D eigenvalue weighted by Crippen LogP contribution is -2.26. The summed E-state index contributed by atoms with van der Waals surface area (Å²) in [4.78, 5) is 0.174.